The summed E-state index contributed by atoms with van der Waals surface area (Å²) in [6.45, 7) is 4.06. The van der Waals surface area contributed by atoms with E-state index >= 15 is 0 Å². The summed E-state index contributed by atoms with van der Waals surface area (Å²) in [5.41, 5.74) is 2.99. The molecule has 1 saturated heterocycles. The highest BCUT2D eigenvalue weighted by atomic mass is 15.3. The van der Waals surface area contributed by atoms with Gasteiger partial charge in [0.05, 0.1) is 5.69 Å². The molecule has 1 fully saturated rings. The zero-order valence-corrected chi connectivity index (χ0v) is 14.3. The van der Waals surface area contributed by atoms with E-state index in [0.29, 0.717) is 0 Å². The lowest BCUT2D eigenvalue weighted by atomic mass is 10.1. The van der Waals surface area contributed by atoms with Crippen LogP contribution in [0.1, 0.15) is 0 Å². The molecule has 0 saturated carbocycles. The number of nitrogens with zero attached hydrogens (tertiary/aromatic N) is 5. The number of piperazine rings is 1. The molecule has 126 valence electrons. The van der Waals surface area contributed by atoms with Crippen molar-refractivity contribution in [2.45, 2.75) is 0 Å². The van der Waals surface area contributed by atoms with E-state index in [4.69, 9.17) is 9.97 Å². The van der Waals surface area contributed by atoms with Crippen LogP contribution in [0.2, 0.25) is 0 Å². The van der Waals surface area contributed by atoms with E-state index in [0.717, 1.165) is 54.6 Å². The van der Waals surface area contributed by atoms with E-state index in [2.05, 4.69) is 40.0 Å². The number of rotatable bonds is 3. The van der Waals surface area contributed by atoms with Gasteiger partial charge in [0.25, 0.3) is 0 Å². The van der Waals surface area contributed by atoms with Crippen molar-refractivity contribution in [2.75, 3.05) is 38.1 Å². The number of pyridine rings is 1. The lowest BCUT2D eigenvalue weighted by molar-refractivity contribution is 0.312. The summed E-state index contributed by atoms with van der Waals surface area (Å²) in [5.74, 6) is 1.71. The minimum atomic E-state index is 0.725. The van der Waals surface area contributed by atoms with Crippen LogP contribution in [-0.2, 0) is 0 Å². The van der Waals surface area contributed by atoms with Crippen molar-refractivity contribution in [1.29, 1.82) is 0 Å². The van der Waals surface area contributed by atoms with Gasteiger partial charge < -0.3 is 9.80 Å². The monoisotopic (exact) mass is 331 g/mol. The number of hydrogen-bond donors (Lipinski definition) is 0. The number of aromatic nitrogens is 3. The standard InChI is InChI=1S/C20H21N5/c1-24-10-12-25(13-11-24)19-14-18(16-6-3-2-4-7-16)22-20(23-19)17-8-5-9-21-15-17/h2-9,14-15H,10-13H2,1H3. The first-order valence-corrected chi connectivity index (χ1v) is 8.58. The van der Waals surface area contributed by atoms with Gasteiger partial charge in [-0.15, -0.1) is 0 Å². The van der Waals surface area contributed by atoms with E-state index in [1.165, 1.54) is 0 Å². The van der Waals surface area contributed by atoms with E-state index in [9.17, 15) is 0 Å². The first-order valence-electron chi connectivity index (χ1n) is 8.58. The zero-order chi connectivity index (χ0) is 17.1. The third-order valence-electron chi connectivity index (χ3n) is 4.53. The van der Waals surface area contributed by atoms with Gasteiger partial charge >= 0.3 is 0 Å². The Bertz CT molecular complexity index is 769. The van der Waals surface area contributed by atoms with Gasteiger partial charge in [-0.3, -0.25) is 4.98 Å². The van der Waals surface area contributed by atoms with Crippen molar-refractivity contribution in [1.82, 2.24) is 19.9 Å². The Morgan fingerprint density at radius 2 is 1.60 bits per heavy atom. The Hall–Kier alpha value is -2.79. The molecule has 0 amide bonds. The van der Waals surface area contributed by atoms with Crippen LogP contribution in [0.25, 0.3) is 22.6 Å². The van der Waals surface area contributed by atoms with Crippen LogP contribution in [-0.4, -0.2) is 53.1 Å². The maximum absolute atomic E-state index is 4.83. The molecule has 0 spiro atoms. The molecule has 1 aliphatic heterocycles. The molecule has 2 aromatic heterocycles. The predicted molar refractivity (Wildman–Crippen MR) is 100 cm³/mol. The lowest BCUT2D eigenvalue weighted by Gasteiger charge is -2.33. The van der Waals surface area contributed by atoms with Crippen molar-refractivity contribution in [2.24, 2.45) is 0 Å². The molecular weight excluding hydrogens is 310 g/mol. The molecule has 0 N–H and O–H groups in total. The van der Waals surface area contributed by atoms with Gasteiger partial charge in [0.1, 0.15) is 5.82 Å². The van der Waals surface area contributed by atoms with Crippen molar-refractivity contribution < 1.29 is 0 Å². The van der Waals surface area contributed by atoms with Crippen LogP contribution in [0.3, 0.4) is 0 Å². The molecule has 0 radical (unpaired) electrons. The van der Waals surface area contributed by atoms with Crippen molar-refractivity contribution in [3.63, 3.8) is 0 Å². The SMILES string of the molecule is CN1CCN(c2cc(-c3ccccc3)nc(-c3cccnc3)n2)CC1. The van der Waals surface area contributed by atoms with Gasteiger partial charge in [-0.25, -0.2) is 9.97 Å². The van der Waals surface area contributed by atoms with Gasteiger partial charge in [0.15, 0.2) is 5.82 Å². The quantitative estimate of drug-likeness (QED) is 0.738. The van der Waals surface area contributed by atoms with Gasteiger partial charge in [-0.05, 0) is 19.2 Å². The molecule has 1 aliphatic rings. The predicted octanol–water partition coefficient (Wildman–Crippen LogP) is 2.96. The van der Waals surface area contributed by atoms with E-state index in [1.54, 1.807) is 6.20 Å². The summed E-state index contributed by atoms with van der Waals surface area (Å²) in [6, 6.07) is 16.3. The summed E-state index contributed by atoms with van der Waals surface area (Å²) in [7, 11) is 2.16. The van der Waals surface area contributed by atoms with Crippen molar-refractivity contribution in [3.05, 3.63) is 60.9 Å². The Morgan fingerprint density at radius 3 is 2.32 bits per heavy atom. The van der Waals surface area contributed by atoms with E-state index in [-0.39, 0.29) is 0 Å². The maximum Gasteiger partial charge on any atom is 0.163 e. The highest BCUT2D eigenvalue weighted by molar-refractivity contribution is 5.67. The summed E-state index contributed by atoms with van der Waals surface area (Å²) < 4.78 is 0. The van der Waals surface area contributed by atoms with Crippen molar-refractivity contribution >= 4 is 5.82 Å². The molecule has 5 heteroatoms. The fourth-order valence-electron chi connectivity index (χ4n) is 3.01. The zero-order valence-electron chi connectivity index (χ0n) is 14.3. The molecule has 3 aromatic rings. The molecule has 3 heterocycles. The number of benzene rings is 1. The average molecular weight is 331 g/mol. The fourth-order valence-corrected chi connectivity index (χ4v) is 3.01. The number of hydrogen-bond acceptors (Lipinski definition) is 5. The summed E-state index contributed by atoms with van der Waals surface area (Å²) >= 11 is 0. The Kier molecular flexibility index (Phi) is 4.39. The van der Waals surface area contributed by atoms with Gasteiger partial charge in [0.2, 0.25) is 0 Å². The first kappa shape index (κ1) is 15.7. The normalized spacial score (nSPS) is 15.3. The van der Waals surface area contributed by atoms with Gasteiger partial charge in [-0.1, -0.05) is 30.3 Å². The molecule has 4 rings (SSSR count). The summed E-state index contributed by atoms with van der Waals surface area (Å²) in [6.07, 6.45) is 3.59. The Morgan fingerprint density at radius 1 is 0.840 bits per heavy atom. The lowest BCUT2D eigenvalue weighted by Crippen LogP contribution is -2.44. The molecule has 0 atom stereocenters. The third-order valence-corrected chi connectivity index (χ3v) is 4.53. The smallest absolute Gasteiger partial charge is 0.163 e. The fraction of sp³-hybridized carbons (Fsp3) is 0.250. The minimum absolute atomic E-state index is 0.725. The second-order valence-electron chi connectivity index (χ2n) is 6.33. The molecule has 0 unspecified atom stereocenters. The van der Waals surface area contributed by atoms with Crippen LogP contribution in [0, 0.1) is 0 Å². The van der Waals surface area contributed by atoms with Gasteiger partial charge in [-0.2, -0.15) is 0 Å². The van der Waals surface area contributed by atoms with Gasteiger partial charge in [0, 0.05) is 55.8 Å². The topological polar surface area (TPSA) is 45.2 Å². The molecule has 0 aliphatic carbocycles. The first-order chi connectivity index (χ1) is 12.3. The van der Waals surface area contributed by atoms with E-state index in [1.807, 2.05) is 36.5 Å². The molecule has 25 heavy (non-hydrogen) atoms. The third kappa shape index (κ3) is 3.51. The maximum atomic E-state index is 4.83. The van der Waals surface area contributed by atoms with E-state index < -0.39 is 0 Å². The summed E-state index contributed by atoms with van der Waals surface area (Å²) in [4.78, 5) is 18.5. The van der Waals surface area contributed by atoms with Crippen LogP contribution < -0.4 is 4.90 Å². The van der Waals surface area contributed by atoms with Crippen LogP contribution in [0.5, 0.6) is 0 Å². The highest BCUT2D eigenvalue weighted by Crippen LogP contribution is 2.26. The highest BCUT2D eigenvalue weighted by Gasteiger charge is 2.18. The Labute approximate surface area is 148 Å². The summed E-state index contributed by atoms with van der Waals surface area (Å²) in [5, 5.41) is 0. The van der Waals surface area contributed by atoms with Crippen LogP contribution in [0.15, 0.2) is 60.9 Å². The average Bonchev–Trinajstić information content (AvgIpc) is 2.69. The largest absolute Gasteiger partial charge is 0.354 e. The molecule has 5 nitrogen and oxygen atoms in total. The van der Waals surface area contributed by atoms with Crippen molar-refractivity contribution in [3.8, 4) is 22.6 Å². The van der Waals surface area contributed by atoms with Crippen LogP contribution >= 0.6 is 0 Å². The molecule has 0 bridgehead atoms. The van der Waals surface area contributed by atoms with Crippen LogP contribution in [0.4, 0.5) is 5.82 Å². The minimum Gasteiger partial charge on any atom is -0.354 e. The molecular formula is C20H21N5. The second-order valence-corrected chi connectivity index (χ2v) is 6.33. The Balaban J connectivity index is 1.78. The second kappa shape index (κ2) is 6.99. The number of anilines is 1. The number of likely N-dealkylation sites (N-methyl/N-ethyl adjacent to an activating group) is 1. The molecule has 1 aromatic carbocycles.